The van der Waals surface area contributed by atoms with E-state index in [-0.39, 0.29) is 22.4 Å². The number of halogens is 2. The standard InChI is InChI=1S/C24H24BrClN2O5S/c1-34(31,32)20-7-8-22(21(26)13-20)28-24(30)17-4-2-16(3-5-17)15-33-23-9-6-19(25)12-18(23)14-27-10-11-29/h2-9,12-13,27,29H,10-11,14-15H2,1H3,(H,28,30). The Morgan fingerprint density at radius 2 is 1.82 bits per heavy atom. The van der Waals surface area contributed by atoms with Crippen molar-refractivity contribution in [3.8, 4) is 5.75 Å². The molecule has 10 heteroatoms. The minimum Gasteiger partial charge on any atom is -0.489 e. The van der Waals surface area contributed by atoms with E-state index in [2.05, 4.69) is 26.6 Å². The largest absolute Gasteiger partial charge is 0.489 e. The zero-order valence-corrected chi connectivity index (χ0v) is 21.5. The zero-order valence-electron chi connectivity index (χ0n) is 18.3. The highest BCUT2D eigenvalue weighted by Crippen LogP contribution is 2.26. The van der Waals surface area contributed by atoms with Crippen LogP contribution in [0.25, 0.3) is 0 Å². The summed E-state index contributed by atoms with van der Waals surface area (Å²) in [5.41, 5.74) is 2.58. The molecule has 1 amide bonds. The van der Waals surface area contributed by atoms with Crippen LogP contribution >= 0.6 is 27.5 Å². The molecule has 0 unspecified atom stereocenters. The number of benzene rings is 3. The maximum atomic E-state index is 12.6. The van der Waals surface area contributed by atoms with Gasteiger partial charge in [-0.2, -0.15) is 0 Å². The molecule has 34 heavy (non-hydrogen) atoms. The fraction of sp³-hybridized carbons (Fsp3) is 0.208. The van der Waals surface area contributed by atoms with Gasteiger partial charge in [-0.05, 0) is 54.1 Å². The highest BCUT2D eigenvalue weighted by molar-refractivity contribution is 9.10. The summed E-state index contributed by atoms with van der Waals surface area (Å²) in [6, 6.07) is 16.8. The Hall–Kier alpha value is -2.43. The average Bonchev–Trinajstić information content (AvgIpc) is 2.79. The summed E-state index contributed by atoms with van der Waals surface area (Å²) >= 11 is 9.60. The summed E-state index contributed by atoms with van der Waals surface area (Å²) in [7, 11) is -3.39. The molecule has 0 aliphatic heterocycles. The van der Waals surface area contributed by atoms with Crippen molar-refractivity contribution in [3.63, 3.8) is 0 Å². The first kappa shape index (κ1) is 26.2. The third-order valence-corrected chi connectivity index (χ3v) is 6.77. The number of aliphatic hydroxyl groups is 1. The minimum absolute atomic E-state index is 0.0578. The molecule has 0 aliphatic carbocycles. The second kappa shape index (κ2) is 11.8. The van der Waals surface area contributed by atoms with Gasteiger partial charge >= 0.3 is 0 Å². The molecule has 0 fully saturated rings. The molecule has 0 atom stereocenters. The van der Waals surface area contributed by atoms with E-state index in [9.17, 15) is 13.2 Å². The summed E-state index contributed by atoms with van der Waals surface area (Å²) in [4.78, 5) is 12.7. The number of sulfone groups is 1. The molecule has 0 bridgehead atoms. The molecule has 3 aromatic carbocycles. The topological polar surface area (TPSA) is 105 Å². The summed E-state index contributed by atoms with van der Waals surface area (Å²) < 4.78 is 30.2. The van der Waals surface area contributed by atoms with Crippen LogP contribution in [0.5, 0.6) is 5.75 Å². The number of rotatable bonds is 10. The number of amides is 1. The molecular weight excluding hydrogens is 544 g/mol. The molecule has 0 saturated carbocycles. The number of ether oxygens (including phenoxy) is 1. The van der Waals surface area contributed by atoms with Crippen LogP contribution < -0.4 is 15.4 Å². The van der Waals surface area contributed by atoms with E-state index < -0.39 is 9.84 Å². The monoisotopic (exact) mass is 566 g/mol. The molecule has 3 N–H and O–H groups in total. The van der Waals surface area contributed by atoms with Gasteiger partial charge in [0.05, 0.1) is 22.2 Å². The van der Waals surface area contributed by atoms with Crippen LogP contribution in [0.3, 0.4) is 0 Å². The molecular formula is C24H24BrClN2O5S. The van der Waals surface area contributed by atoms with Crippen molar-refractivity contribution in [1.29, 1.82) is 0 Å². The van der Waals surface area contributed by atoms with Crippen molar-refractivity contribution in [2.75, 3.05) is 24.7 Å². The second-order valence-corrected chi connectivity index (χ2v) is 10.8. The van der Waals surface area contributed by atoms with Gasteiger partial charge in [-0.1, -0.05) is 39.7 Å². The first-order chi connectivity index (χ1) is 16.2. The smallest absolute Gasteiger partial charge is 0.255 e. The van der Waals surface area contributed by atoms with Crippen molar-refractivity contribution in [3.05, 3.63) is 86.8 Å². The van der Waals surface area contributed by atoms with Crippen molar-refractivity contribution in [2.45, 2.75) is 18.0 Å². The number of nitrogens with one attached hydrogen (secondary N) is 2. The van der Waals surface area contributed by atoms with E-state index in [1.807, 2.05) is 18.2 Å². The van der Waals surface area contributed by atoms with Crippen molar-refractivity contribution >= 4 is 49.0 Å². The molecule has 3 rings (SSSR count). The summed E-state index contributed by atoms with van der Waals surface area (Å²) in [5.74, 6) is 0.356. The lowest BCUT2D eigenvalue weighted by molar-refractivity contribution is 0.102. The van der Waals surface area contributed by atoms with Crippen LogP contribution in [0.4, 0.5) is 5.69 Å². The predicted octanol–water partition coefficient (Wildman–Crippen LogP) is 4.42. The van der Waals surface area contributed by atoms with Crippen molar-refractivity contribution in [2.24, 2.45) is 0 Å². The molecule has 0 heterocycles. The summed E-state index contributed by atoms with van der Waals surface area (Å²) in [6.07, 6.45) is 1.09. The molecule has 3 aromatic rings. The van der Waals surface area contributed by atoms with Crippen LogP contribution in [0, 0.1) is 0 Å². The lowest BCUT2D eigenvalue weighted by atomic mass is 10.1. The van der Waals surface area contributed by atoms with E-state index in [1.54, 1.807) is 24.3 Å². The molecule has 0 radical (unpaired) electrons. The predicted molar refractivity (Wildman–Crippen MR) is 136 cm³/mol. The minimum atomic E-state index is -3.39. The van der Waals surface area contributed by atoms with Gasteiger partial charge in [0.15, 0.2) is 9.84 Å². The maximum Gasteiger partial charge on any atom is 0.255 e. The van der Waals surface area contributed by atoms with Gasteiger partial charge in [-0.15, -0.1) is 0 Å². The third-order valence-electron chi connectivity index (χ3n) is 4.85. The molecule has 7 nitrogen and oxygen atoms in total. The maximum absolute atomic E-state index is 12.6. The molecule has 0 spiro atoms. The third kappa shape index (κ3) is 7.28. The average molecular weight is 568 g/mol. The van der Waals surface area contributed by atoms with E-state index in [0.717, 1.165) is 27.6 Å². The normalized spacial score (nSPS) is 11.3. The van der Waals surface area contributed by atoms with Gasteiger partial charge in [0.1, 0.15) is 12.4 Å². The highest BCUT2D eigenvalue weighted by Gasteiger charge is 2.13. The number of hydrogen-bond donors (Lipinski definition) is 3. The summed E-state index contributed by atoms with van der Waals surface area (Å²) in [6.45, 7) is 1.42. The lowest BCUT2D eigenvalue weighted by Gasteiger charge is -2.13. The fourth-order valence-corrected chi connectivity index (χ4v) is 4.41. The second-order valence-electron chi connectivity index (χ2n) is 7.51. The van der Waals surface area contributed by atoms with Crippen LogP contribution in [0.15, 0.2) is 70.0 Å². The highest BCUT2D eigenvalue weighted by atomic mass is 79.9. The number of carbonyl (C=O) groups excluding carboxylic acids is 1. The Morgan fingerprint density at radius 1 is 1.09 bits per heavy atom. The molecule has 0 aromatic heterocycles. The van der Waals surface area contributed by atoms with Crippen molar-refractivity contribution < 1.29 is 23.1 Å². The Morgan fingerprint density at radius 3 is 2.47 bits per heavy atom. The SMILES string of the molecule is CS(=O)(=O)c1ccc(NC(=O)c2ccc(COc3ccc(Br)cc3CNCCO)cc2)c(Cl)c1. The summed E-state index contributed by atoms with van der Waals surface area (Å²) in [5, 5.41) is 14.9. The molecule has 0 aliphatic rings. The van der Waals surface area contributed by atoms with E-state index in [4.69, 9.17) is 21.4 Å². The van der Waals surface area contributed by atoms with Gasteiger partial charge in [0, 0.05) is 34.9 Å². The Kier molecular flexibility index (Phi) is 9.10. The Labute approximate surface area is 212 Å². The first-order valence-electron chi connectivity index (χ1n) is 10.3. The Balaban J connectivity index is 1.63. The van der Waals surface area contributed by atoms with Gasteiger partial charge < -0.3 is 20.5 Å². The van der Waals surface area contributed by atoms with Gasteiger partial charge in [0.25, 0.3) is 5.91 Å². The van der Waals surface area contributed by atoms with Gasteiger partial charge in [-0.3, -0.25) is 4.79 Å². The van der Waals surface area contributed by atoms with Crippen molar-refractivity contribution in [1.82, 2.24) is 5.32 Å². The van der Waals surface area contributed by atoms with Crippen LogP contribution in [0.1, 0.15) is 21.5 Å². The van der Waals surface area contributed by atoms with E-state index in [1.165, 1.54) is 18.2 Å². The van der Waals surface area contributed by atoms with Crippen LogP contribution in [-0.4, -0.2) is 38.8 Å². The number of aliphatic hydroxyl groups excluding tert-OH is 1. The van der Waals surface area contributed by atoms with E-state index in [0.29, 0.717) is 30.9 Å². The number of hydrogen-bond acceptors (Lipinski definition) is 6. The van der Waals surface area contributed by atoms with Gasteiger partial charge in [0.2, 0.25) is 0 Å². The van der Waals surface area contributed by atoms with Crippen LogP contribution in [-0.2, 0) is 23.0 Å². The first-order valence-corrected chi connectivity index (χ1v) is 13.4. The number of anilines is 1. The molecule has 180 valence electrons. The Bertz CT molecular complexity index is 1270. The van der Waals surface area contributed by atoms with Gasteiger partial charge in [-0.25, -0.2) is 8.42 Å². The fourth-order valence-electron chi connectivity index (χ4n) is 3.06. The lowest BCUT2D eigenvalue weighted by Crippen LogP contribution is -2.18. The number of carbonyl (C=O) groups is 1. The van der Waals surface area contributed by atoms with Crippen LogP contribution in [0.2, 0.25) is 5.02 Å². The zero-order chi connectivity index (χ0) is 24.7. The quantitative estimate of drug-likeness (QED) is 0.313. The molecule has 0 saturated heterocycles. The van der Waals surface area contributed by atoms with E-state index >= 15 is 0 Å².